The predicted molar refractivity (Wildman–Crippen MR) is 217 cm³/mol. The molecule has 12 aromatic rings. The lowest BCUT2D eigenvalue weighted by molar-refractivity contribution is 1.02. The second-order valence-corrected chi connectivity index (χ2v) is 13.7. The zero-order valence-electron chi connectivity index (χ0n) is 28.0. The Balaban J connectivity index is 1.34. The number of hydrogen-bond acceptors (Lipinski definition) is 2. The van der Waals surface area contributed by atoms with Gasteiger partial charge in [-0.25, -0.2) is 9.97 Å². The number of fused-ring (bicyclic) bond motifs is 8. The molecule has 4 heterocycles. The molecule has 12 rings (SSSR count). The SMILES string of the molecule is c1ccc(-c2nc(-n3c4ccc(-c5ccccc5)c5c6cccc7c8ccccc8n(c8cccc3c8c54)c76)nc3c2ccc2ccccc23)cc1. The van der Waals surface area contributed by atoms with E-state index < -0.39 is 0 Å². The minimum atomic E-state index is 0.662. The first-order valence-electron chi connectivity index (χ1n) is 17.8. The second-order valence-electron chi connectivity index (χ2n) is 13.7. The average molecular weight is 661 g/mol. The van der Waals surface area contributed by atoms with E-state index in [2.05, 4.69) is 179 Å². The highest BCUT2D eigenvalue weighted by molar-refractivity contribution is 6.33. The van der Waals surface area contributed by atoms with Gasteiger partial charge < -0.3 is 4.40 Å². The van der Waals surface area contributed by atoms with Crippen LogP contribution in [0.25, 0.3) is 110 Å². The largest absolute Gasteiger partial charge is 0.308 e. The summed E-state index contributed by atoms with van der Waals surface area (Å²) in [5, 5.41) is 10.7. The van der Waals surface area contributed by atoms with Crippen LogP contribution in [-0.2, 0) is 0 Å². The molecule has 8 aromatic carbocycles. The fraction of sp³-hybridized carbons (Fsp3) is 0. The van der Waals surface area contributed by atoms with E-state index in [9.17, 15) is 0 Å². The Labute approximate surface area is 297 Å². The molecule has 240 valence electrons. The van der Waals surface area contributed by atoms with Crippen LogP contribution >= 0.6 is 0 Å². The zero-order valence-corrected chi connectivity index (χ0v) is 28.0. The van der Waals surface area contributed by atoms with Crippen LogP contribution in [-0.4, -0.2) is 18.9 Å². The molecule has 0 saturated carbocycles. The van der Waals surface area contributed by atoms with Crippen LogP contribution in [0.15, 0.2) is 170 Å². The van der Waals surface area contributed by atoms with Gasteiger partial charge in [0, 0.05) is 48.7 Å². The first kappa shape index (κ1) is 27.7. The van der Waals surface area contributed by atoms with Gasteiger partial charge in [-0.1, -0.05) is 140 Å². The highest BCUT2D eigenvalue weighted by atomic mass is 15.2. The van der Waals surface area contributed by atoms with Crippen molar-refractivity contribution >= 4 is 81.6 Å². The predicted octanol–water partition coefficient (Wildman–Crippen LogP) is 12.4. The molecule has 0 unspecified atom stereocenters. The number of rotatable bonds is 3. The molecule has 4 aromatic heterocycles. The van der Waals surface area contributed by atoms with Crippen molar-refractivity contribution in [2.24, 2.45) is 0 Å². The summed E-state index contributed by atoms with van der Waals surface area (Å²) in [4.78, 5) is 11.0. The summed E-state index contributed by atoms with van der Waals surface area (Å²) in [7, 11) is 0. The maximum absolute atomic E-state index is 5.48. The van der Waals surface area contributed by atoms with E-state index in [1.807, 2.05) is 0 Å². The highest BCUT2D eigenvalue weighted by Crippen LogP contribution is 2.47. The monoisotopic (exact) mass is 660 g/mol. The first-order valence-corrected chi connectivity index (χ1v) is 17.8. The zero-order chi connectivity index (χ0) is 33.9. The third kappa shape index (κ3) is 3.60. The smallest absolute Gasteiger partial charge is 0.235 e. The van der Waals surface area contributed by atoms with E-state index in [1.54, 1.807) is 0 Å². The summed E-state index contributed by atoms with van der Waals surface area (Å²) in [6, 6.07) is 61.1. The van der Waals surface area contributed by atoms with Gasteiger partial charge in [0.1, 0.15) is 0 Å². The Kier molecular flexibility index (Phi) is 5.47. The number of para-hydroxylation sites is 2. The first-order chi connectivity index (χ1) is 25.8. The number of benzene rings is 8. The molecule has 0 aliphatic heterocycles. The van der Waals surface area contributed by atoms with E-state index in [1.165, 1.54) is 60.0 Å². The van der Waals surface area contributed by atoms with Gasteiger partial charge in [0.15, 0.2) is 0 Å². The van der Waals surface area contributed by atoms with E-state index in [-0.39, 0.29) is 0 Å². The van der Waals surface area contributed by atoms with Crippen molar-refractivity contribution in [3.8, 4) is 28.3 Å². The minimum Gasteiger partial charge on any atom is -0.308 e. The van der Waals surface area contributed by atoms with Gasteiger partial charge >= 0.3 is 0 Å². The van der Waals surface area contributed by atoms with Gasteiger partial charge in [-0.05, 0) is 46.8 Å². The quantitative estimate of drug-likeness (QED) is 0.177. The molecule has 0 aliphatic carbocycles. The third-order valence-electron chi connectivity index (χ3n) is 11.1. The Hall–Kier alpha value is -7.04. The average Bonchev–Trinajstić information content (AvgIpc) is 3.69. The van der Waals surface area contributed by atoms with Crippen LogP contribution < -0.4 is 0 Å². The van der Waals surface area contributed by atoms with Crippen molar-refractivity contribution in [3.63, 3.8) is 0 Å². The summed E-state index contributed by atoms with van der Waals surface area (Å²) in [6.07, 6.45) is 0. The van der Waals surface area contributed by atoms with Crippen LogP contribution in [0, 0.1) is 0 Å². The maximum Gasteiger partial charge on any atom is 0.235 e. The van der Waals surface area contributed by atoms with E-state index >= 15 is 0 Å². The van der Waals surface area contributed by atoms with Gasteiger partial charge in [-0.3, -0.25) is 4.57 Å². The van der Waals surface area contributed by atoms with Crippen LogP contribution in [0.1, 0.15) is 0 Å². The van der Waals surface area contributed by atoms with Gasteiger partial charge in [0.2, 0.25) is 5.95 Å². The normalized spacial score (nSPS) is 12.2. The molecular weight excluding hydrogens is 633 g/mol. The van der Waals surface area contributed by atoms with Crippen molar-refractivity contribution in [3.05, 3.63) is 170 Å². The fourth-order valence-electron chi connectivity index (χ4n) is 8.91. The summed E-state index contributed by atoms with van der Waals surface area (Å²) in [5.41, 5.74) is 11.1. The number of hydrogen-bond donors (Lipinski definition) is 0. The topological polar surface area (TPSA) is 35.1 Å². The molecule has 0 N–H and O–H groups in total. The number of nitrogens with zero attached hydrogens (tertiary/aromatic N) is 4. The van der Waals surface area contributed by atoms with Crippen molar-refractivity contribution in [2.75, 3.05) is 0 Å². The van der Waals surface area contributed by atoms with Crippen molar-refractivity contribution in [1.29, 1.82) is 0 Å². The molecule has 0 aliphatic rings. The summed E-state index contributed by atoms with van der Waals surface area (Å²) < 4.78 is 4.79. The Bertz CT molecular complexity index is 3390. The molecule has 52 heavy (non-hydrogen) atoms. The highest BCUT2D eigenvalue weighted by Gasteiger charge is 2.25. The Morgan fingerprint density at radius 1 is 0.365 bits per heavy atom. The molecule has 0 spiro atoms. The van der Waals surface area contributed by atoms with Crippen molar-refractivity contribution in [2.45, 2.75) is 0 Å². The molecule has 0 radical (unpaired) electrons. The van der Waals surface area contributed by atoms with Crippen LogP contribution in [0.3, 0.4) is 0 Å². The molecule has 0 bridgehead atoms. The lowest BCUT2D eigenvalue weighted by Crippen LogP contribution is -2.04. The Morgan fingerprint density at radius 3 is 1.88 bits per heavy atom. The fourth-order valence-corrected chi connectivity index (χ4v) is 8.91. The lowest BCUT2D eigenvalue weighted by Gasteiger charge is -2.14. The van der Waals surface area contributed by atoms with Crippen LogP contribution in [0.2, 0.25) is 0 Å². The van der Waals surface area contributed by atoms with E-state index in [0.29, 0.717) is 5.95 Å². The summed E-state index contributed by atoms with van der Waals surface area (Å²) in [6.45, 7) is 0. The van der Waals surface area contributed by atoms with Gasteiger partial charge in [0.25, 0.3) is 0 Å². The molecule has 0 saturated heterocycles. The maximum atomic E-state index is 5.48. The molecular formula is C48H28N4. The van der Waals surface area contributed by atoms with Gasteiger partial charge in [0.05, 0.1) is 38.8 Å². The molecule has 0 fully saturated rings. The summed E-state index contributed by atoms with van der Waals surface area (Å²) in [5.74, 6) is 0.662. The van der Waals surface area contributed by atoms with E-state index in [0.717, 1.165) is 44.0 Å². The van der Waals surface area contributed by atoms with E-state index in [4.69, 9.17) is 9.97 Å². The third-order valence-corrected chi connectivity index (χ3v) is 11.1. The number of aromatic nitrogens is 4. The van der Waals surface area contributed by atoms with Crippen LogP contribution in [0.5, 0.6) is 0 Å². The lowest BCUT2D eigenvalue weighted by atomic mass is 9.95. The molecule has 0 amide bonds. The van der Waals surface area contributed by atoms with Gasteiger partial charge in [-0.15, -0.1) is 0 Å². The molecule has 0 atom stereocenters. The summed E-state index contributed by atoms with van der Waals surface area (Å²) >= 11 is 0. The van der Waals surface area contributed by atoms with Crippen molar-refractivity contribution < 1.29 is 0 Å². The van der Waals surface area contributed by atoms with Crippen molar-refractivity contribution in [1.82, 2.24) is 18.9 Å². The second kappa shape index (κ2) is 10.3. The van der Waals surface area contributed by atoms with Gasteiger partial charge in [-0.2, -0.15) is 0 Å². The standard InChI is InChI=1S/C48H28N4/c1-3-13-29(14-4-1)32-27-28-41-44-42(32)36-21-11-20-35-34-19-9-10-22-38(34)51(47(35)36)39-23-12-24-40(43(39)44)52(41)48-49-45(31-16-5-2-6-17-31)37-26-25-30-15-7-8-18-33(30)46(37)50-48/h1-28H. The molecule has 4 heteroatoms. The Morgan fingerprint density at radius 2 is 1.02 bits per heavy atom. The minimum absolute atomic E-state index is 0.662. The molecule has 4 nitrogen and oxygen atoms in total. The van der Waals surface area contributed by atoms with Crippen LogP contribution in [0.4, 0.5) is 0 Å².